The molecule has 0 aliphatic heterocycles. The van der Waals surface area contributed by atoms with E-state index in [9.17, 15) is 0 Å². The normalized spacial score (nSPS) is 15.3. The smallest absolute Gasteiger partial charge is 0.162 e. The van der Waals surface area contributed by atoms with Gasteiger partial charge in [-0.15, -0.1) is 0 Å². The molecule has 0 atom stereocenters. The molecule has 21 heavy (non-hydrogen) atoms. The third-order valence-corrected chi connectivity index (χ3v) is 4.19. The van der Waals surface area contributed by atoms with Gasteiger partial charge in [0, 0.05) is 35.6 Å². The Labute approximate surface area is 125 Å². The zero-order valence-electron chi connectivity index (χ0n) is 12.3. The van der Waals surface area contributed by atoms with Crippen molar-refractivity contribution in [2.24, 2.45) is 5.84 Å². The molecule has 2 aromatic rings. The lowest BCUT2D eigenvalue weighted by Gasteiger charge is -2.13. The number of rotatable bonds is 4. The fourth-order valence-corrected chi connectivity index (χ4v) is 3.02. The number of nitrogens with two attached hydrogens (primary N) is 1. The molecule has 2 aromatic heterocycles. The van der Waals surface area contributed by atoms with Gasteiger partial charge in [0.15, 0.2) is 5.82 Å². The Morgan fingerprint density at radius 1 is 1.29 bits per heavy atom. The maximum Gasteiger partial charge on any atom is 0.162 e. The predicted molar refractivity (Wildman–Crippen MR) is 83.7 cm³/mol. The maximum atomic E-state index is 5.58. The summed E-state index contributed by atoms with van der Waals surface area (Å²) in [5, 5.41) is 0. The van der Waals surface area contributed by atoms with Gasteiger partial charge >= 0.3 is 0 Å². The van der Waals surface area contributed by atoms with Crippen LogP contribution in [0.2, 0.25) is 0 Å². The van der Waals surface area contributed by atoms with Crippen LogP contribution < -0.4 is 11.3 Å². The van der Waals surface area contributed by atoms with Crippen LogP contribution in [-0.4, -0.2) is 15.0 Å². The number of nitrogens with zero attached hydrogens (tertiary/aromatic N) is 3. The van der Waals surface area contributed by atoms with E-state index in [1.807, 2.05) is 18.3 Å². The van der Waals surface area contributed by atoms with E-state index >= 15 is 0 Å². The summed E-state index contributed by atoms with van der Waals surface area (Å²) in [5.74, 6) is 7.54. The second-order valence-electron chi connectivity index (χ2n) is 5.51. The molecule has 1 saturated carbocycles. The van der Waals surface area contributed by atoms with Crippen molar-refractivity contribution in [2.45, 2.75) is 44.9 Å². The molecule has 3 N–H and O–H groups in total. The molecule has 0 bridgehead atoms. The summed E-state index contributed by atoms with van der Waals surface area (Å²) in [7, 11) is 0. The van der Waals surface area contributed by atoms with Crippen LogP contribution >= 0.6 is 0 Å². The fourth-order valence-electron chi connectivity index (χ4n) is 3.02. The highest BCUT2D eigenvalue weighted by atomic mass is 15.3. The Morgan fingerprint density at radius 3 is 2.81 bits per heavy atom. The number of nitrogens with one attached hydrogen (secondary N) is 1. The highest BCUT2D eigenvalue weighted by Gasteiger charge is 2.20. The molecule has 1 aliphatic carbocycles. The molecule has 5 heteroatoms. The van der Waals surface area contributed by atoms with E-state index in [1.165, 1.54) is 25.7 Å². The molecule has 3 rings (SSSR count). The Bertz CT molecular complexity index is 620. The molecular formula is C16H21N5. The van der Waals surface area contributed by atoms with Gasteiger partial charge in [-0.2, -0.15) is 0 Å². The van der Waals surface area contributed by atoms with Gasteiger partial charge in [0.05, 0.1) is 0 Å². The number of hydrogen-bond donors (Lipinski definition) is 2. The summed E-state index contributed by atoms with van der Waals surface area (Å²) in [6.07, 6.45) is 9.56. The molecule has 0 saturated heterocycles. The van der Waals surface area contributed by atoms with Crippen LogP contribution in [0.25, 0.3) is 11.4 Å². The van der Waals surface area contributed by atoms with Gasteiger partial charge in [-0.1, -0.05) is 19.8 Å². The van der Waals surface area contributed by atoms with Crippen molar-refractivity contribution in [3.05, 3.63) is 35.8 Å². The third kappa shape index (κ3) is 2.88. The lowest BCUT2D eigenvalue weighted by atomic mass is 10.0. The minimum atomic E-state index is 0.533. The second kappa shape index (κ2) is 6.18. The first-order valence-electron chi connectivity index (χ1n) is 7.60. The number of aromatic nitrogens is 3. The molecule has 1 aliphatic rings. The average Bonchev–Trinajstić information content (AvgIpc) is 3.09. The topological polar surface area (TPSA) is 76.7 Å². The average molecular weight is 283 g/mol. The van der Waals surface area contributed by atoms with Crippen molar-refractivity contribution >= 4 is 5.82 Å². The molecule has 0 amide bonds. The SMILES string of the molecule is CCc1cnccc1-c1nc(NN)cc(C2CCCC2)n1. The predicted octanol–water partition coefficient (Wildman–Crippen LogP) is 3.04. The highest BCUT2D eigenvalue weighted by Crippen LogP contribution is 2.34. The van der Waals surface area contributed by atoms with Gasteiger partial charge in [-0.05, 0) is 30.9 Å². The number of aryl methyl sites for hydroxylation is 1. The van der Waals surface area contributed by atoms with Crippen LogP contribution in [0.4, 0.5) is 5.82 Å². The summed E-state index contributed by atoms with van der Waals surface area (Å²) in [4.78, 5) is 13.5. The molecular weight excluding hydrogens is 262 g/mol. The van der Waals surface area contributed by atoms with Gasteiger partial charge in [-0.25, -0.2) is 15.8 Å². The van der Waals surface area contributed by atoms with E-state index in [4.69, 9.17) is 10.8 Å². The maximum absolute atomic E-state index is 5.58. The summed E-state index contributed by atoms with van der Waals surface area (Å²) in [6, 6.07) is 3.96. The third-order valence-electron chi connectivity index (χ3n) is 4.19. The van der Waals surface area contributed by atoms with E-state index in [0.29, 0.717) is 11.7 Å². The van der Waals surface area contributed by atoms with Gasteiger partial charge in [0.2, 0.25) is 0 Å². The number of hydrazine groups is 1. The molecule has 0 spiro atoms. The van der Waals surface area contributed by atoms with Gasteiger partial charge in [-0.3, -0.25) is 4.98 Å². The fraction of sp³-hybridized carbons (Fsp3) is 0.438. The Kier molecular flexibility index (Phi) is 4.10. The van der Waals surface area contributed by atoms with Crippen LogP contribution in [0.15, 0.2) is 24.5 Å². The molecule has 0 unspecified atom stereocenters. The van der Waals surface area contributed by atoms with E-state index < -0.39 is 0 Å². The number of hydrogen-bond acceptors (Lipinski definition) is 5. The molecule has 0 aromatic carbocycles. The lowest BCUT2D eigenvalue weighted by molar-refractivity contribution is 0.695. The monoisotopic (exact) mass is 283 g/mol. The minimum absolute atomic E-state index is 0.533. The largest absolute Gasteiger partial charge is 0.308 e. The van der Waals surface area contributed by atoms with Crippen molar-refractivity contribution in [1.82, 2.24) is 15.0 Å². The first kappa shape index (κ1) is 13.9. The summed E-state index contributed by atoms with van der Waals surface area (Å²) in [6.45, 7) is 2.11. The van der Waals surface area contributed by atoms with Crippen LogP contribution in [-0.2, 0) is 6.42 Å². The van der Waals surface area contributed by atoms with Crippen LogP contribution in [0.5, 0.6) is 0 Å². The lowest BCUT2D eigenvalue weighted by Crippen LogP contribution is -2.11. The molecule has 5 nitrogen and oxygen atoms in total. The number of anilines is 1. The van der Waals surface area contributed by atoms with Crippen molar-refractivity contribution in [2.75, 3.05) is 5.43 Å². The van der Waals surface area contributed by atoms with Gasteiger partial charge in [0.1, 0.15) is 5.82 Å². The van der Waals surface area contributed by atoms with Crippen LogP contribution in [0, 0.1) is 0 Å². The zero-order chi connectivity index (χ0) is 14.7. The van der Waals surface area contributed by atoms with Crippen molar-refractivity contribution in [3.8, 4) is 11.4 Å². The molecule has 2 heterocycles. The van der Waals surface area contributed by atoms with E-state index in [2.05, 4.69) is 22.3 Å². The molecule has 1 fully saturated rings. The molecule has 0 radical (unpaired) electrons. The van der Waals surface area contributed by atoms with E-state index in [-0.39, 0.29) is 0 Å². The summed E-state index contributed by atoms with van der Waals surface area (Å²) in [5.41, 5.74) is 5.97. The Morgan fingerprint density at radius 2 is 2.10 bits per heavy atom. The van der Waals surface area contributed by atoms with Crippen LogP contribution in [0.1, 0.15) is 49.8 Å². The van der Waals surface area contributed by atoms with Gasteiger partial charge < -0.3 is 5.43 Å². The number of nitrogen functional groups attached to an aromatic ring is 1. The van der Waals surface area contributed by atoms with E-state index in [0.717, 1.165) is 29.1 Å². The highest BCUT2D eigenvalue weighted by molar-refractivity contribution is 5.61. The Hall–Kier alpha value is -2.01. The first-order valence-corrected chi connectivity index (χ1v) is 7.60. The summed E-state index contributed by atoms with van der Waals surface area (Å²) >= 11 is 0. The second-order valence-corrected chi connectivity index (χ2v) is 5.51. The summed E-state index contributed by atoms with van der Waals surface area (Å²) < 4.78 is 0. The zero-order valence-corrected chi connectivity index (χ0v) is 12.3. The first-order chi connectivity index (χ1) is 10.3. The van der Waals surface area contributed by atoms with Crippen molar-refractivity contribution in [1.29, 1.82) is 0 Å². The quantitative estimate of drug-likeness (QED) is 0.666. The minimum Gasteiger partial charge on any atom is -0.308 e. The van der Waals surface area contributed by atoms with Gasteiger partial charge in [0.25, 0.3) is 0 Å². The molecule has 110 valence electrons. The standard InChI is InChI=1S/C16H21N5/c1-2-11-10-18-8-7-13(11)16-19-14(9-15(20-16)21-17)12-5-3-4-6-12/h7-10,12H,2-6,17H2,1H3,(H,19,20,21). The Balaban J connectivity index is 2.06. The number of pyridine rings is 1. The van der Waals surface area contributed by atoms with Crippen LogP contribution in [0.3, 0.4) is 0 Å². The van der Waals surface area contributed by atoms with Crippen molar-refractivity contribution < 1.29 is 0 Å². The van der Waals surface area contributed by atoms with E-state index in [1.54, 1.807) is 6.20 Å². The van der Waals surface area contributed by atoms with Crippen molar-refractivity contribution in [3.63, 3.8) is 0 Å².